The first-order valence-electron chi connectivity index (χ1n) is 5.37. The summed E-state index contributed by atoms with van der Waals surface area (Å²) >= 11 is 0. The summed E-state index contributed by atoms with van der Waals surface area (Å²) in [5, 5.41) is 13.5. The Bertz CT molecular complexity index is 468. The van der Waals surface area contributed by atoms with Crippen molar-refractivity contribution in [1.82, 2.24) is 5.32 Å². The van der Waals surface area contributed by atoms with Gasteiger partial charge < -0.3 is 5.32 Å². The molecule has 0 radical (unpaired) electrons. The number of rotatable bonds is 6. The highest BCUT2D eigenvalue weighted by molar-refractivity contribution is 7.84. The van der Waals surface area contributed by atoms with Gasteiger partial charge in [0.25, 0.3) is 5.69 Å². The van der Waals surface area contributed by atoms with Crippen LogP contribution in [-0.4, -0.2) is 27.2 Å². The molecule has 0 bridgehead atoms. The highest BCUT2D eigenvalue weighted by Gasteiger charge is 2.10. The van der Waals surface area contributed by atoms with E-state index in [1.165, 1.54) is 12.1 Å². The predicted molar refractivity (Wildman–Crippen MR) is 68.3 cm³/mol. The van der Waals surface area contributed by atoms with Crippen LogP contribution in [0.15, 0.2) is 18.2 Å². The third-order valence-electron chi connectivity index (χ3n) is 2.48. The molecule has 2 atom stereocenters. The fraction of sp³-hybridized carbons (Fsp3) is 0.455. The van der Waals surface area contributed by atoms with Crippen LogP contribution in [0.2, 0.25) is 0 Å². The Labute approximate surface area is 107 Å². The average molecular weight is 274 g/mol. The first kappa shape index (κ1) is 14.7. The largest absolute Gasteiger partial charge is 0.311 e. The first-order chi connectivity index (χ1) is 8.40. The topological polar surface area (TPSA) is 72.2 Å². The maximum Gasteiger partial charge on any atom is 0.272 e. The molecule has 0 amide bonds. The number of hydrogen-bond acceptors (Lipinski definition) is 4. The van der Waals surface area contributed by atoms with Crippen LogP contribution in [0.3, 0.4) is 0 Å². The van der Waals surface area contributed by atoms with E-state index >= 15 is 0 Å². The van der Waals surface area contributed by atoms with Crippen LogP contribution in [0.25, 0.3) is 0 Å². The van der Waals surface area contributed by atoms with Crippen LogP contribution in [-0.2, 0) is 17.3 Å². The minimum absolute atomic E-state index is 0.0199. The van der Waals surface area contributed by atoms with E-state index in [1.54, 1.807) is 6.26 Å². The summed E-state index contributed by atoms with van der Waals surface area (Å²) in [6.07, 6.45) is 1.61. The summed E-state index contributed by atoms with van der Waals surface area (Å²) in [4.78, 5) is 9.93. The van der Waals surface area contributed by atoms with Gasteiger partial charge in [-0.05, 0) is 18.6 Å². The molecule has 1 aromatic carbocycles. The summed E-state index contributed by atoms with van der Waals surface area (Å²) in [6, 6.07) is 3.45. The Morgan fingerprint density at radius 3 is 2.72 bits per heavy atom. The molecule has 0 saturated carbocycles. The monoisotopic (exact) mass is 274 g/mol. The molecule has 7 heteroatoms. The smallest absolute Gasteiger partial charge is 0.272 e. The van der Waals surface area contributed by atoms with Crippen molar-refractivity contribution < 1.29 is 13.5 Å². The summed E-state index contributed by atoms with van der Waals surface area (Å²) < 4.78 is 24.2. The third-order valence-corrected chi connectivity index (χ3v) is 3.78. The Hall–Kier alpha value is -1.34. The number of benzene rings is 1. The molecule has 1 rings (SSSR count). The van der Waals surface area contributed by atoms with Gasteiger partial charge in [0.05, 0.1) is 11.0 Å². The van der Waals surface area contributed by atoms with Gasteiger partial charge in [-0.15, -0.1) is 0 Å². The SMILES string of the molecule is CC(CNCc1cc(F)cc([N+](=O)[O-])c1)S(C)=O. The second kappa shape index (κ2) is 6.55. The lowest BCUT2D eigenvalue weighted by molar-refractivity contribution is -0.385. The quantitative estimate of drug-likeness (QED) is 0.631. The normalized spacial score (nSPS) is 14.2. The molecule has 1 N–H and O–H groups in total. The molecular formula is C11H15FN2O3S. The fourth-order valence-electron chi connectivity index (χ4n) is 1.38. The number of halogens is 1. The molecule has 0 fully saturated rings. The molecule has 0 aliphatic carbocycles. The van der Waals surface area contributed by atoms with Crippen LogP contribution < -0.4 is 5.32 Å². The lowest BCUT2D eigenvalue weighted by Gasteiger charge is -2.09. The van der Waals surface area contributed by atoms with Crippen LogP contribution in [0.1, 0.15) is 12.5 Å². The molecule has 0 aromatic heterocycles. The standard InChI is InChI=1S/C11H15FN2O3S/c1-8(18(2)17)6-13-7-9-3-10(12)5-11(4-9)14(15)16/h3-5,8,13H,6-7H2,1-2H3. The minimum atomic E-state index is -0.929. The molecule has 5 nitrogen and oxygen atoms in total. The summed E-state index contributed by atoms with van der Waals surface area (Å²) in [6.45, 7) is 2.64. The van der Waals surface area contributed by atoms with Gasteiger partial charge in [0.2, 0.25) is 0 Å². The van der Waals surface area contributed by atoms with Gasteiger partial charge in [0, 0.05) is 41.5 Å². The highest BCUT2D eigenvalue weighted by atomic mass is 32.2. The molecule has 18 heavy (non-hydrogen) atoms. The van der Waals surface area contributed by atoms with E-state index in [2.05, 4.69) is 5.32 Å². The van der Waals surface area contributed by atoms with Crippen molar-refractivity contribution in [1.29, 1.82) is 0 Å². The molecule has 2 unspecified atom stereocenters. The van der Waals surface area contributed by atoms with Gasteiger partial charge in [0.1, 0.15) is 5.82 Å². The van der Waals surface area contributed by atoms with Crippen LogP contribution in [0.4, 0.5) is 10.1 Å². The number of hydrogen-bond donors (Lipinski definition) is 1. The van der Waals surface area contributed by atoms with Gasteiger partial charge >= 0.3 is 0 Å². The van der Waals surface area contributed by atoms with E-state index in [0.717, 1.165) is 6.07 Å². The summed E-state index contributed by atoms with van der Waals surface area (Å²) in [5.74, 6) is -0.631. The van der Waals surface area contributed by atoms with Crippen LogP contribution in [0.5, 0.6) is 0 Å². The van der Waals surface area contributed by atoms with Gasteiger partial charge in [-0.3, -0.25) is 14.3 Å². The van der Waals surface area contributed by atoms with E-state index in [1.807, 2.05) is 6.92 Å². The van der Waals surface area contributed by atoms with Crippen molar-refractivity contribution in [3.63, 3.8) is 0 Å². The van der Waals surface area contributed by atoms with Gasteiger partial charge in [-0.25, -0.2) is 4.39 Å². The average Bonchev–Trinajstić information content (AvgIpc) is 2.27. The molecule has 0 heterocycles. The maximum atomic E-state index is 13.1. The maximum absolute atomic E-state index is 13.1. The zero-order valence-electron chi connectivity index (χ0n) is 10.2. The van der Waals surface area contributed by atoms with E-state index in [4.69, 9.17) is 0 Å². The van der Waals surface area contributed by atoms with E-state index < -0.39 is 21.5 Å². The second-order valence-electron chi connectivity index (χ2n) is 4.01. The fourth-order valence-corrected chi connectivity index (χ4v) is 1.73. The number of nitro groups is 1. The second-order valence-corrected chi connectivity index (χ2v) is 5.82. The third kappa shape index (κ3) is 4.50. The first-order valence-corrected chi connectivity index (χ1v) is 6.99. The van der Waals surface area contributed by atoms with Crippen molar-refractivity contribution in [3.05, 3.63) is 39.7 Å². The van der Waals surface area contributed by atoms with Gasteiger partial charge in [-0.1, -0.05) is 0 Å². The molecule has 0 aliphatic rings. The van der Waals surface area contributed by atoms with Gasteiger partial charge in [-0.2, -0.15) is 0 Å². The van der Waals surface area contributed by atoms with Crippen molar-refractivity contribution in [2.45, 2.75) is 18.7 Å². The number of nitrogens with zero attached hydrogens (tertiary/aromatic N) is 1. The van der Waals surface area contributed by atoms with Crippen LogP contribution in [0, 0.1) is 15.9 Å². The Morgan fingerprint density at radius 1 is 1.50 bits per heavy atom. The molecule has 100 valence electrons. The Morgan fingerprint density at radius 2 is 2.17 bits per heavy atom. The minimum Gasteiger partial charge on any atom is -0.311 e. The predicted octanol–water partition coefficient (Wildman–Crippen LogP) is 1.59. The lowest BCUT2D eigenvalue weighted by atomic mass is 10.2. The summed E-state index contributed by atoms with van der Waals surface area (Å²) in [7, 11) is -0.929. The van der Waals surface area contributed by atoms with Crippen molar-refractivity contribution in [3.8, 4) is 0 Å². The zero-order chi connectivity index (χ0) is 13.7. The van der Waals surface area contributed by atoms with Crippen molar-refractivity contribution in [2.24, 2.45) is 0 Å². The van der Waals surface area contributed by atoms with Gasteiger partial charge in [0.15, 0.2) is 0 Å². The number of nitrogens with one attached hydrogen (secondary N) is 1. The van der Waals surface area contributed by atoms with Crippen LogP contribution >= 0.6 is 0 Å². The summed E-state index contributed by atoms with van der Waals surface area (Å²) in [5.41, 5.74) is 0.231. The molecule has 0 spiro atoms. The molecular weight excluding hydrogens is 259 g/mol. The number of non-ortho nitro benzene ring substituents is 1. The number of nitro benzene ring substituents is 1. The zero-order valence-corrected chi connectivity index (χ0v) is 11.0. The van der Waals surface area contributed by atoms with E-state index in [0.29, 0.717) is 18.7 Å². The van der Waals surface area contributed by atoms with E-state index in [9.17, 15) is 18.7 Å². The molecule has 0 saturated heterocycles. The Kier molecular flexibility index (Phi) is 5.36. The molecule has 0 aliphatic heterocycles. The molecule has 1 aromatic rings. The highest BCUT2D eigenvalue weighted by Crippen LogP contribution is 2.16. The van der Waals surface area contributed by atoms with Crippen molar-refractivity contribution in [2.75, 3.05) is 12.8 Å². The Balaban J connectivity index is 2.62. The van der Waals surface area contributed by atoms with E-state index in [-0.39, 0.29) is 10.9 Å². The lowest BCUT2D eigenvalue weighted by Crippen LogP contribution is -2.27. The van der Waals surface area contributed by atoms with Crippen molar-refractivity contribution >= 4 is 16.5 Å².